The number of nitrogens with one attached hydrogen (secondary N) is 1. The molecule has 0 aliphatic heterocycles. The summed E-state index contributed by atoms with van der Waals surface area (Å²) in [5, 5.41) is 32.5. The average molecular weight is 374 g/mol. The summed E-state index contributed by atoms with van der Waals surface area (Å²) >= 11 is 0.985. The van der Waals surface area contributed by atoms with Crippen LogP contribution in [0.1, 0.15) is 5.69 Å². The number of benzene rings is 1. The molecule has 2 N–H and O–H groups in total. The summed E-state index contributed by atoms with van der Waals surface area (Å²) in [5.74, 6) is -0.814. The van der Waals surface area contributed by atoms with Gasteiger partial charge in [0.2, 0.25) is 0 Å². The highest BCUT2D eigenvalue weighted by molar-refractivity contribution is 7.99. The zero-order valence-corrected chi connectivity index (χ0v) is 14.6. The molecule has 2 aromatic heterocycles. The SMILES string of the molecule is Cc1nn(C)cc1-c1cc(-c2nnc(SCC(=O)O)[nH]2)cc([N+](=O)[O-])c1. The van der Waals surface area contributed by atoms with E-state index in [9.17, 15) is 14.9 Å². The molecule has 1 aromatic carbocycles. The first-order chi connectivity index (χ1) is 12.3. The highest BCUT2D eigenvalue weighted by atomic mass is 32.2. The van der Waals surface area contributed by atoms with Crippen molar-refractivity contribution < 1.29 is 14.8 Å². The number of rotatable bonds is 6. The van der Waals surface area contributed by atoms with Gasteiger partial charge in [-0.15, -0.1) is 10.2 Å². The number of nitro benzene ring substituents is 1. The van der Waals surface area contributed by atoms with Crippen molar-refractivity contribution in [3.8, 4) is 22.5 Å². The van der Waals surface area contributed by atoms with Crippen molar-refractivity contribution in [2.24, 2.45) is 7.05 Å². The van der Waals surface area contributed by atoms with E-state index < -0.39 is 10.9 Å². The molecule has 11 heteroatoms. The van der Waals surface area contributed by atoms with Crippen LogP contribution in [0.25, 0.3) is 22.5 Å². The number of aromatic amines is 1. The molecule has 26 heavy (non-hydrogen) atoms. The first-order valence-electron chi connectivity index (χ1n) is 7.41. The van der Waals surface area contributed by atoms with Gasteiger partial charge < -0.3 is 10.1 Å². The molecule has 0 atom stereocenters. The number of hydrogen-bond donors (Lipinski definition) is 2. The molecule has 3 rings (SSSR count). The fourth-order valence-corrected chi connectivity index (χ4v) is 2.99. The lowest BCUT2D eigenvalue weighted by Gasteiger charge is -2.03. The van der Waals surface area contributed by atoms with Gasteiger partial charge >= 0.3 is 5.97 Å². The van der Waals surface area contributed by atoms with E-state index in [4.69, 9.17) is 5.11 Å². The van der Waals surface area contributed by atoms with Gasteiger partial charge in [0.1, 0.15) is 0 Å². The second-order valence-electron chi connectivity index (χ2n) is 5.49. The summed E-state index contributed by atoms with van der Waals surface area (Å²) in [5.41, 5.74) is 2.55. The van der Waals surface area contributed by atoms with Crippen LogP contribution in [-0.4, -0.2) is 46.7 Å². The molecule has 0 radical (unpaired) electrons. The Hall–Kier alpha value is -3.21. The monoisotopic (exact) mass is 374 g/mol. The van der Waals surface area contributed by atoms with Gasteiger partial charge in [0.25, 0.3) is 5.69 Å². The smallest absolute Gasteiger partial charge is 0.313 e. The molecule has 134 valence electrons. The molecule has 0 amide bonds. The Morgan fingerprint density at radius 3 is 2.69 bits per heavy atom. The number of carbonyl (C=O) groups is 1. The predicted octanol–water partition coefficient (Wildman–Crippen LogP) is 2.27. The Bertz CT molecular complexity index is 996. The zero-order valence-electron chi connectivity index (χ0n) is 13.8. The average Bonchev–Trinajstić information content (AvgIpc) is 3.18. The number of hydrogen-bond acceptors (Lipinski definition) is 7. The molecule has 0 spiro atoms. The number of nitrogens with zero attached hydrogens (tertiary/aromatic N) is 5. The lowest BCUT2D eigenvalue weighted by Crippen LogP contribution is -1.97. The highest BCUT2D eigenvalue weighted by Crippen LogP contribution is 2.31. The summed E-state index contributed by atoms with van der Waals surface area (Å²) in [7, 11) is 1.77. The minimum absolute atomic E-state index is 0.0862. The standard InChI is InChI=1S/C15H14N6O4S/c1-8-12(6-20(2)19-8)9-3-10(5-11(4-9)21(24)25)14-16-15(18-17-14)26-7-13(22)23/h3-6H,7H2,1-2H3,(H,22,23)(H,16,17,18). The number of aryl methyl sites for hydroxylation is 2. The third-order valence-electron chi connectivity index (χ3n) is 3.53. The van der Waals surface area contributed by atoms with Crippen molar-refractivity contribution in [2.45, 2.75) is 12.1 Å². The maximum absolute atomic E-state index is 11.3. The van der Waals surface area contributed by atoms with Gasteiger partial charge in [-0.2, -0.15) is 5.10 Å². The van der Waals surface area contributed by atoms with E-state index in [0.29, 0.717) is 22.1 Å². The number of thioether (sulfide) groups is 1. The van der Waals surface area contributed by atoms with Crippen LogP contribution >= 0.6 is 11.8 Å². The third kappa shape index (κ3) is 3.72. The van der Waals surface area contributed by atoms with Gasteiger partial charge in [0, 0.05) is 36.5 Å². The minimum atomic E-state index is -0.974. The van der Waals surface area contributed by atoms with E-state index in [-0.39, 0.29) is 11.4 Å². The van der Waals surface area contributed by atoms with E-state index in [1.54, 1.807) is 24.0 Å². The topological polar surface area (TPSA) is 140 Å². The van der Waals surface area contributed by atoms with Gasteiger partial charge in [-0.3, -0.25) is 19.6 Å². The Morgan fingerprint density at radius 2 is 2.08 bits per heavy atom. The molecular weight excluding hydrogens is 360 g/mol. The van der Waals surface area contributed by atoms with Crippen LogP contribution < -0.4 is 0 Å². The molecule has 0 unspecified atom stereocenters. The molecule has 0 saturated carbocycles. The number of non-ortho nitro benzene ring substituents is 1. The second kappa shape index (κ2) is 6.96. The van der Waals surface area contributed by atoms with Gasteiger partial charge in [0.05, 0.1) is 16.4 Å². The normalized spacial score (nSPS) is 10.8. The maximum atomic E-state index is 11.3. The Kier molecular flexibility index (Phi) is 4.71. The van der Waals surface area contributed by atoms with E-state index in [0.717, 1.165) is 23.0 Å². The first-order valence-corrected chi connectivity index (χ1v) is 8.40. The number of H-pyrrole nitrogens is 1. The minimum Gasteiger partial charge on any atom is -0.481 e. The molecule has 2 heterocycles. The van der Waals surface area contributed by atoms with E-state index in [2.05, 4.69) is 20.3 Å². The van der Waals surface area contributed by atoms with Crippen molar-refractivity contribution in [1.82, 2.24) is 25.0 Å². The largest absolute Gasteiger partial charge is 0.481 e. The third-order valence-corrected chi connectivity index (χ3v) is 4.37. The Balaban J connectivity index is 2.03. The fourth-order valence-electron chi connectivity index (χ4n) is 2.46. The second-order valence-corrected chi connectivity index (χ2v) is 6.45. The summed E-state index contributed by atoms with van der Waals surface area (Å²) in [4.78, 5) is 24.4. The van der Waals surface area contributed by atoms with Crippen LogP contribution in [0.15, 0.2) is 29.6 Å². The fraction of sp³-hybridized carbons (Fsp3) is 0.200. The van der Waals surface area contributed by atoms with E-state index >= 15 is 0 Å². The van der Waals surface area contributed by atoms with Gasteiger partial charge in [-0.05, 0) is 18.6 Å². The van der Waals surface area contributed by atoms with Crippen LogP contribution in [0, 0.1) is 17.0 Å². The Morgan fingerprint density at radius 1 is 1.35 bits per heavy atom. The van der Waals surface area contributed by atoms with Gasteiger partial charge in [-0.1, -0.05) is 11.8 Å². The summed E-state index contributed by atoms with van der Waals surface area (Å²) in [6.45, 7) is 1.82. The van der Waals surface area contributed by atoms with Crippen LogP contribution in [0.5, 0.6) is 0 Å². The number of carboxylic acid groups (broad SMARTS) is 1. The predicted molar refractivity (Wildman–Crippen MR) is 93.8 cm³/mol. The highest BCUT2D eigenvalue weighted by Gasteiger charge is 2.17. The molecule has 0 aliphatic carbocycles. The van der Waals surface area contributed by atoms with Crippen LogP contribution in [-0.2, 0) is 11.8 Å². The summed E-state index contributed by atoms with van der Waals surface area (Å²) in [6, 6.07) is 4.62. The number of nitro groups is 1. The summed E-state index contributed by atoms with van der Waals surface area (Å²) < 4.78 is 1.64. The lowest BCUT2D eigenvalue weighted by atomic mass is 10.0. The number of aromatic nitrogens is 5. The van der Waals surface area contributed by atoms with Gasteiger partial charge in [-0.25, -0.2) is 0 Å². The van der Waals surface area contributed by atoms with Crippen molar-refractivity contribution >= 4 is 23.4 Å². The number of aliphatic carboxylic acids is 1. The number of carboxylic acids is 1. The van der Waals surface area contributed by atoms with E-state index in [1.165, 1.54) is 12.1 Å². The van der Waals surface area contributed by atoms with Crippen molar-refractivity contribution in [1.29, 1.82) is 0 Å². The van der Waals surface area contributed by atoms with Crippen molar-refractivity contribution in [2.75, 3.05) is 5.75 Å². The van der Waals surface area contributed by atoms with Crippen molar-refractivity contribution in [3.63, 3.8) is 0 Å². The van der Waals surface area contributed by atoms with Gasteiger partial charge in [0.15, 0.2) is 11.0 Å². The first kappa shape index (κ1) is 17.6. The molecular formula is C15H14N6O4S. The van der Waals surface area contributed by atoms with Crippen LogP contribution in [0.2, 0.25) is 0 Å². The molecule has 0 saturated heterocycles. The molecule has 3 aromatic rings. The lowest BCUT2D eigenvalue weighted by molar-refractivity contribution is -0.384. The molecule has 10 nitrogen and oxygen atoms in total. The molecule has 0 bridgehead atoms. The van der Waals surface area contributed by atoms with Crippen LogP contribution in [0.4, 0.5) is 5.69 Å². The maximum Gasteiger partial charge on any atom is 0.313 e. The zero-order chi connectivity index (χ0) is 18.8. The van der Waals surface area contributed by atoms with E-state index in [1.807, 2.05) is 6.92 Å². The molecule has 0 aliphatic rings. The van der Waals surface area contributed by atoms with Crippen molar-refractivity contribution in [3.05, 3.63) is 40.2 Å². The summed E-state index contributed by atoms with van der Waals surface area (Å²) in [6.07, 6.45) is 1.78. The van der Waals surface area contributed by atoms with Crippen LogP contribution in [0.3, 0.4) is 0 Å². The molecule has 0 fully saturated rings. The quantitative estimate of drug-likeness (QED) is 0.380. The Labute approximate surface area is 151 Å².